The van der Waals surface area contributed by atoms with E-state index in [2.05, 4.69) is 0 Å². The zero-order valence-electron chi connectivity index (χ0n) is 22.7. The van der Waals surface area contributed by atoms with Gasteiger partial charge in [-0.3, -0.25) is 14.4 Å². The van der Waals surface area contributed by atoms with Gasteiger partial charge in [0.05, 0.1) is 16.5 Å². The molecule has 8 heteroatoms. The van der Waals surface area contributed by atoms with E-state index in [4.69, 9.17) is 21.1 Å². The molecular formula is C31H35ClO7. The molecule has 4 aliphatic carbocycles. The van der Waals surface area contributed by atoms with E-state index in [9.17, 15) is 24.3 Å². The number of hydrogen-bond donors (Lipinski definition) is 1. The first kappa shape index (κ1) is 27.8. The number of rotatable bonds is 5. The molecule has 2 unspecified atom stereocenters. The van der Waals surface area contributed by atoms with Gasteiger partial charge in [-0.05, 0) is 61.8 Å². The van der Waals surface area contributed by atoms with E-state index >= 15 is 0 Å². The van der Waals surface area contributed by atoms with Gasteiger partial charge < -0.3 is 14.6 Å². The molecule has 5 rings (SSSR count). The Labute approximate surface area is 233 Å². The topological polar surface area (TPSA) is 107 Å². The summed E-state index contributed by atoms with van der Waals surface area (Å²) in [6.45, 7) is 6.45. The van der Waals surface area contributed by atoms with Crippen molar-refractivity contribution in [3.05, 3.63) is 59.7 Å². The molecule has 8 atom stereocenters. The van der Waals surface area contributed by atoms with E-state index in [0.29, 0.717) is 24.8 Å². The number of ether oxygens (including phenoxy) is 2. The third-order valence-corrected chi connectivity index (χ3v) is 11.2. The predicted octanol–water partition coefficient (Wildman–Crippen LogP) is 4.60. The van der Waals surface area contributed by atoms with E-state index in [0.717, 1.165) is 5.57 Å². The highest BCUT2D eigenvalue weighted by Crippen LogP contribution is 2.72. The fraction of sp³-hybridized carbons (Fsp3) is 0.548. The maximum absolute atomic E-state index is 14.1. The Morgan fingerprint density at radius 1 is 1.13 bits per heavy atom. The van der Waals surface area contributed by atoms with Crippen molar-refractivity contribution in [3.63, 3.8) is 0 Å². The van der Waals surface area contributed by atoms with Gasteiger partial charge in [0.1, 0.15) is 0 Å². The summed E-state index contributed by atoms with van der Waals surface area (Å²) in [5.41, 5.74) is -2.08. The summed E-state index contributed by atoms with van der Waals surface area (Å²) in [6, 6.07) is 8.38. The number of aliphatic hydroxyl groups is 1. The van der Waals surface area contributed by atoms with Crippen molar-refractivity contribution in [2.24, 2.45) is 28.6 Å². The van der Waals surface area contributed by atoms with E-state index < -0.39 is 57.7 Å². The van der Waals surface area contributed by atoms with Gasteiger partial charge >= 0.3 is 11.9 Å². The number of alkyl halides is 1. The van der Waals surface area contributed by atoms with Crippen molar-refractivity contribution >= 4 is 35.1 Å². The lowest BCUT2D eigenvalue weighted by Gasteiger charge is -2.64. The van der Waals surface area contributed by atoms with Crippen LogP contribution in [0.1, 0.15) is 63.7 Å². The number of carbonyl (C=O) groups excluding carboxylic acids is 4. The highest BCUT2D eigenvalue weighted by Gasteiger charge is 2.76. The molecule has 0 aliphatic heterocycles. The Balaban J connectivity index is 1.52. The van der Waals surface area contributed by atoms with E-state index in [-0.39, 0.29) is 24.0 Å². The maximum atomic E-state index is 14.1. The van der Waals surface area contributed by atoms with Crippen molar-refractivity contribution in [2.45, 2.75) is 70.0 Å². The number of aliphatic hydroxyl groups excluding tert-OH is 1. The summed E-state index contributed by atoms with van der Waals surface area (Å²) in [7, 11) is 0. The summed E-state index contributed by atoms with van der Waals surface area (Å²) in [4.78, 5) is 50.2. The van der Waals surface area contributed by atoms with E-state index in [1.807, 2.05) is 26.8 Å². The smallest absolute Gasteiger partial charge is 0.338 e. The molecular weight excluding hydrogens is 520 g/mol. The van der Waals surface area contributed by atoms with Crippen molar-refractivity contribution in [2.75, 3.05) is 6.61 Å². The molecule has 3 saturated carbocycles. The van der Waals surface area contributed by atoms with E-state index in [1.54, 1.807) is 36.4 Å². The second-order valence-corrected chi connectivity index (χ2v) is 12.7. The quantitative estimate of drug-likeness (QED) is 0.418. The normalized spacial score (nSPS) is 40.6. The minimum absolute atomic E-state index is 0.0876. The fourth-order valence-electron chi connectivity index (χ4n) is 8.52. The Bertz CT molecular complexity index is 1290. The molecule has 1 N–H and O–H groups in total. The van der Waals surface area contributed by atoms with Crippen LogP contribution in [0, 0.1) is 28.6 Å². The van der Waals surface area contributed by atoms with Crippen molar-refractivity contribution in [1.29, 1.82) is 0 Å². The SMILES string of the molecule is CC(=O)O[C@]1(C(=O)COC(=O)c2ccccc2)C(C)C[C@H]2[C@@H]3CCC4=CC(=O)C=C[C@]4(C)[C@@]3(Cl)C(O)C[C@@]21C. The molecule has 39 heavy (non-hydrogen) atoms. The maximum Gasteiger partial charge on any atom is 0.338 e. The molecule has 1 aromatic rings. The fourth-order valence-corrected chi connectivity index (χ4v) is 9.04. The van der Waals surface area contributed by atoms with E-state index in [1.165, 1.54) is 13.0 Å². The van der Waals surface area contributed by atoms with Gasteiger partial charge in [-0.1, -0.05) is 50.6 Å². The average Bonchev–Trinajstić information content (AvgIpc) is 3.10. The lowest BCUT2D eigenvalue weighted by Crippen LogP contribution is -2.69. The first-order valence-corrected chi connectivity index (χ1v) is 14.0. The zero-order valence-corrected chi connectivity index (χ0v) is 23.5. The third-order valence-electron chi connectivity index (χ3n) is 10.2. The molecule has 0 amide bonds. The lowest BCUT2D eigenvalue weighted by atomic mass is 9.45. The van der Waals surface area contributed by atoms with Crippen LogP contribution >= 0.6 is 11.6 Å². The van der Waals surface area contributed by atoms with Crippen LogP contribution in [0.4, 0.5) is 0 Å². The molecule has 3 fully saturated rings. The van der Waals surface area contributed by atoms with Gasteiger partial charge in [-0.15, -0.1) is 11.6 Å². The van der Waals surface area contributed by atoms with Crippen LogP contribution in [-0.4, -0.2) is 51.8 Å². The Hall–Kier alpha value is -2.77. The molecule has 1 aromatic carbocycles. The second kappa shape index (κ2) is 9.41. The molecule has 0 aromatic heterocycles. The lowest BCUT2D eigenvalue weighted by molar-refractivity contribution is -0.201. The average molecular weight is 555 g/mol. The van der Waals surface area contributed by atoms with Crippen molar-refractivity contribution in [3.8, 4) is 0 Å². The Morgan fingerprint density at radius 2 is 1.82 bits per heavy atom. The molecule has 0 heterocycles. The Kier molecular flexibility index (Phi) is 6.70. The van der Waals surface area contributed by atoms with Crippen LogP contribution in [0.25, 0.3) is 0 Å². The number of Topliss-reactive ketones (excluding diaryl/α,β-unsaturated/α-hetero) is 1. The van der Waals surface area contributed by atoms with Gasteiger partial charge in [0, 0.05) is 23.7 Å². The minimum Gasteiger partial charge on any atom is -0.454 e. The summed E-state index contributed by atoms with van der Waals surface area (Å²) in [5.74, 6) is -2.62. The molecule has 4 aliphatic rings. The molecule has 0 bridgehead atoms. The number of allylic oxidation sites excluding steroid dienone is 4. The number of benzene rings is 1. The number of esters is 2. The van der Waals surface area contributed by atoms with Gasteiger partial charge in [-0.2, -0.15) is 0 Å². The summed E-state index contributed by atoms with van der Waals surface area (Å²) < 4.78 is 11.4. The highest BCUT2D eigenvalue weighted by atomic mass is 35.5. The minimum atomic E-state index is -1.60. The Morgan fingerprint density at radius 3 is 2.49 bits per heavy atom. The number of fused-ring (bicyclic) bond motifs is 5. The van der Waals surface area contributed by atoms with Gasteiger partial charge in [0.2, 0.25) is 5.78 Å². The molecule has 0 saturated heterocycles. The molecule has 0 radical (unpaired) electrons. The van der Waals surface area contributed by atoms with Crippen LogP contribution in [0.15, 0.2) is 54.1 Å². The largest absolute Gasteiger partial charge is 0.454 e. The van der Waals surface area contributed by atoms with Crippen molar-refractivity contribution in [1.82, 2.24) is 0 Å². The monoisotopic (exact) mass is 554 g/mol. The van der Waals surface area contributed by atoms with Gasteiger partial charge in [-0.25, -0.2) is 4.79 Å². The first-order chi connectivity index (χ1) is 18.3. The summed E-state index contributed by atoms with van der Waals surface area (Å²) in [6.07, 6.45) is 5.84. The van der Waals surface area contributed by atoms with Crippen LogP contribution < -0.4 is 0 Å². The first-order valence-electron chi connectivity index (χ1n) is 13.6. The summed E-state index contributed by atoms with van der Waals surface area (Å²) in [5, 5.41) is 11.8. The number of halogens is 1. The second-order valence-electron chi connectivity index (χ2n) is 12.1. The number of hydrogen-bond acceptors (Lipinski definition) is 7. The number of carbonyl (C=O) groups is 4. The van der Waals surface area contributed by atoms with Crippen LogP contribution in [0.2, 0.25) is 0 Å². The van der Waals surface area contributed by atoms with Gasteiger partial charge in [0.25, 0.3) is 0 Å². The van der Waals surface area contributed by atoms with Crippen molar-refractivity contribution < 1.29 is 33.8 Å². The molecule has 7 nitrogen and oxygen atoms in total. The zero-order chi connectivity index (χ0) is 28.4. The van der Waals surface area contributed by atoms with Crippen LogP contribution in [0.3, 0.4) is 0 Å². The van der Waals surface area contributed by atoms with Crippen LogP contribution in [-0.2, 0) is 23.9 Å². The third kappa shape index (κ3) is 3.80. The standard InChI is InChI=1S/C31H35ClO7/c1-18-14-24-23-11-10-21-15-22(34)12-13-28(21,3)30(23,32)25(35)16-29(24,4)31(18,39-19(2)33)26(36)17-38-27(37)20-8-6-5-7-9-20/h5-9,12-13,15,18,23-25,35H,10-11,14,16-17H2,1-4H3/t18?,23-,24-,25?,28-,29-,30-,31-/m0/s1. The van der Waals surface area contributed by atoms with Gasteiger partial charge in [0.15, 0.2) is 18.0 Å². The number of ketones is 2. The highest BCUT2D eigenvalue weighted by molar-refractivity contribution is 6.26. The molecule has 208 valence electrons. The molecule has 0 spiro atoms. The predicted molar refractivity (Wildman–Crippen MR) is 144 cm³/mol. The van der Waals surface area contributed by atoms with Crippen LogP contribution in [0.5, 0.6) is 0 Å². The summed E-state index contributed by atoms with van der Waals surface area (Å²) >= 11 is 7.50.